The lowest BCUT2D eigenvalue weighted by Crippen LogP contribution is -2.42. The number of aryl methyl sites for hydroxylation is 2. The third kappa shape index (κ3) is 3.38. The Balaban J connectivity index is 1.54. The van der Waals surface area contributed by atoms with Gasteiger partial charge < -0.3 is 10.0 Å². The minimum atomic E-state index is -0.412. The lowest BCUT2D eigenvalue weighted by molar-refractivity contribution is -0.134. The van der Waals surface area contributed by atoms with Crippen molar-refractivity contribution in [3.63, 3.8) is 0 Å². The number of fused-ring (bicyclic) bond motifs is 1. The Morgan fingerprint density at radius 3 is 2.77 bits per heavy atom. The third-order valence-corrected chi connectivity index (χ3v) is 4.74. The van der Waals surface area contributed by atoms with Crippen molar-refractivity contribution >= 4 is 11.7 Å². The molecule has 0 spiro atoms. The van der Waals surface area contributed by atoms with Crippen molar-refractivity contribution in [3.05, 3.63) is 34.9 Å². The van der Waals surface area contributed by atoms with Crippen LogP contribution >= 0.6 is 0 Å². The molecule has 2 aliphatic rings. The van der Waals surface area contributed by atoms with Crippen LogP contribution in [0.2, 0.25) is 0 Å². The van der Waals surface area contributed by atoms with Crippen LogP contribution in [-0.4, -0.2) is 40.9 Å². The fourth-order valence-electron chi connectivity index (χ4n) is 3.45. The van der Waals surface area contributed by atoms with Crippen LogP contribution in [0.1, 0.15) is 53.6 Å². The first kappa shape index (κ1) is 15.2. The molecule has 1 aromatic carbocycles. The molecule has 1 heterocycles. The van der Waals surface area contributed by atoms with Gasteiger partial charge >= 0.3 is 0 Å². The lowest BCUT2D eigenvalue weighted by Gasteiger charge is -2.30. The molecule has 1 atom stereocenters. The lowest BCUT2D eigenvalue weighted by atomic mass is 10.0. The van der Waals surface area contributed by atoms with E-state index in [0.29, 0.717) is 13.1 Å². The van der Waals surface area contributed by atoms with E-state index in [1.165, 1.54) is 17.5 Å². The number of hydrogen-bond acceptors (Lipinski definition) is 3. The van der Waals surface area contributed by atoms with Gasteiger partial charge in [-0.25, -0.2) is 0 Å². The van der Waals surface area contributed by atoms with E-state index in [1.54, 1.807) is 4.90 Å². The maximum atomic E-state index is 12.3. The van der Waals surface area contributed by atoms with Crippen LogP contribution < -0.4 is 0 Å². The summed E-state index contributed by atoms with van der Waals surface area (Å²) in [5, 5.41) is 9.61. The number of hydrogen-bond donors (Lipinski definition) is 1. The highest BCUT2D eigenvalue weighted by atomic mass is 16.3. The highest BCUT2D eigenvalue weighted by molar-refractivity contribution is 5.98. The van der Waals surface area contributed by atoms with Crippen LogP contribution in [0.15, 0.2) is 18.2 Å². The van der Waals surface area contributed by atoms with E-state index >= 15 is 0 Å². The molecule has 22 heavy (non-hydrogen) atoms. The summed E-state index contributed by atoms with van der Waals surface area (Å²) in [5.41, 5.74) is 3.37. The van der Waals surface area contributed by atoms with Crippen molar-refractivity contribution in [1.82, 2.24) is 4.90 Å². The number of likely N-dealkylation sites (tertiary alicyclic amines) is 1. The highest BCUT2D eigenvalue weighted by Crippen LogP contribution is 2.23. The molecule has 1 saturated heterocycles. The summed E-state index contributed by atoms with van der Waals surface area (Å²) in [4.78, 5) is 26.1. The van der Waals surface area contributed by atoms with Crippen molar-refractivity contribution < 1.29 is 14.7 Å². The average Bonchev–Trinajstić information content (AvgIpc) is 2.99. The monoisotopic (exact) mass is 301 g/mol. The smallest absolute Gasteiger partial charge is 0.223 e. The molecular formula is C18H23NO3. The van der Waals surface area contributed by atoms with Crippen molar-refractivity contribution in [2.24, 2.45) is 0 Å². The number of ketones is 1. The second-order valence-corrected chi connectivity index (χ2v) is 6.40. The summed E-state index contributed by atoms with van der Waals surface area (Å²) in [6.07, 6.45) is 5.02. The molecule has 1 unspecified atom stereocenters. The van der Waals surface area contributed by atoms with E-state index in [9.17, 15) is 14.7 Å². The Bertz CT molecular complexity index is 582. The van der Waals surface area contributed by atoms with Gasteiger partial charge in [-0.05, 0) is 49.3 Å². The summed E-state index contributed by atoms with van der Waals surface area (Å²) in [7, 11) is 0. The molecule has 0 aromatic heterocycles. The number of carbonyl (C=O) groups is 2. The summed E-state index contributed by atoms with van der Waals surface area (Å²) in [6.45, 7) is 1.11. The van der Waals surface area contributed by atoms with E-state index < -0.39 is 6.10 Å². The van der Waals surface area contributed by atoms with Crippen molar-refractivity contribution in [1.29, 1.82) is 0 Å². The number of β-amino-alcohol motifs (C(OH)–C–C–N with tert-alkyl or cyclic N) is 1. The summed E-state index contributed by atoms with van der Waals surface area (Å²) in [6, 6.07) is 5.94. The van der Waals surface area contributed by atoms with Gasteiger partial charge in [-0.15, -0.1) is 0 Å². The van der Waals surface area contributed by atoms with Gasteiger partial charge in [0, 0.05) is 31.5 Å². The van der Waals surface area contributed by atoms with Gasteiger partial charge in [-0.2, -0.15) is 0 Å². The predicted molar refractivity (Wildman–Crippen MR) is 83.9 cm³/mol. The number of rotatable bonds is 4. The van der Waals surface area contributed by atoms with Crippen molar-refractivity contribution in [2.45, 2.75) is 51.0 Å². The minimum Gasteiger partial charge on any atom is -0.391 e. The van der Waals surface area contributed by atoms with Crippen LogP contribution in [-0.2, 0) is 17.6 Å². The average molecular weight is 301 g/mol. The number of benzene rings is 1. The number of carbonyl (C=O) groups excluding carboxylic acids is 2. The fourth-order valence-corrected chi connectivity index (χ4v) is 3.45. The molecule has 3 rings (SSSR count). The molecule has 0 radical (unpaired) electrons. The molecule has 0 bridgehead atoms. The Hall–Kier alpha value is -1.68. The first-order valence-electron chi connectivity index (χ1n) is 8.24. The zero-order valence-electron chi connectivity index (χ0n) is 12.9. The number of Topliss-reactive ketones (excluding diaryl/α,β-unsaturated/α-hetero) is 1. The summed E-state index contributed by atoms with van der Waals surface area (Å²) < 4.78 is 0. The van der Waals surface area contributed by atoms with E-state index in [2.05, 4.69) is 6.07 Å². The Morgan fingerprint density at radius 1 is 1.14 bits per heavy atom. The van der Waals surface area contributed by atoms with Crippen LogP contribution in [0.3, 0.4) is 0 Å². The molecule has 118 valence electrons. The second kappa shape index (κ2) is 6.61. The zero-order chi connectivity index (χ0) is 15.5. The van der Waals surface area contributed by atoms with Crippen molar-refractivity contribution in [2.75, 3.05) is 13.1 Å². The van der Waals surface area contributed by atoms with Gasteiger partial charge in [0.05, 0.1) is 6.10 Å². The van der Waals surface area contributed by atoms with Crippen LogP contribution in [0.5, 0.6) is 0 Å². The van der Waals surface area contributed by atoms with E-state index in [0.717, 1.165) is 31.2 Å². The molecule has 1 aromatic rings. The first-order valence-corrected chi connectivity index (χ1v) is 8.24. The van der Waals surface area contributed by atoms with E-state index in [-0.39, 0.29) is 24.5 Å². The standard InChI is InChI=1S/C18H23NO3/c20-16-5-2-10-19(12-16)18(22)9-8-17(21)15-7-6-13-3-1-4-14(13)11-15/h6-7,11,16,20H,1-5,8-10,12H2. The molecule has 1 amide bonds. The second-order valence-electron chi connectivity index (χ2n) is 6.40. The topological polar surface area (TPSA) is 57.6 Å². The Kier molecular flexibility index (Phi) is 4.57. The summed E-state index contributed by atoms with van der Waals surface area (Å²) >= 11 is 0. The quantitative estimate of drug-likeness (QED) is 0.867. The number of piperidine rings is 1. The number of aliphatic hydroxyl groups excluding tert-OH is 1. The molecule has 1 fully saturated rings. The molecule has 1 aliphatic carbocycles. The number of aliphatic hydroxyl groups is 1. The third-order valence-electron chi connectivity index (χ3n) is 4.74. The van der Waals surface area contributed by atoms with Crippen LogP contribution in [0, 0.1) is 0 Å². The maximum Gasteiger partial charge on any atom is 0.223 e. The van der Waals surface area contributed by atoms with Gasteiger partial charge in [0.2, 0.25) is 5.91 Å². The van der Waals surface area contributed by atoms with E-state index in [1.807, 2.05) is 12.1 Å². The van der Waals surface area contributed by atoms with Crippen molar-refractivity contribution in [3.8, 4) is 0 Å². The molecule has 1 N–H and O–H groups in total. The van der Waals surface area contributed by atoms with Gasteiger partial charge in [0.1, 0.15) is 0 Å². The van der Waals surface area contributed by atoms with Gasteiger partial charge in [0.25, 0.3) is 0 Å². The molecule has 4 nitrogen and oxygen atoms in total. The van der Waals surface area contributed by atoms with E-state index in [4.69, 9.17) is 0 Å². The predicted octanol–water partition coefficient (Wildman–Crippen LogP) is 2.12. The summed E-state index contributed by atoms with van der Waals surface area (Å²) in [5.74, 6) is 0.0221. The molecule has 0 saturated carbocycles. The fraction of sp³-hybridized carbons (Fsp3) is 0.556. The molecule has 1 aliphatic heterocycles. The minimum absolute atomic E-state index is 0.0201. The molecular weight excluding hydrogens is 278 g/mol. The maximum absolute atomic E-state index is 12.3. The zero-order valence-corrected chi connectivity index (χ0v) is 12.9. The van der Waals surface area contributed by atoms with Gasteiger partial charge in [0.15, 0.2) is 5.78 Å². The Labute approximate surface area is 131 Å². The van der Waals surface area contributed by atoms with Crippen LogP contribution in [0.25, 0.3) is 0 Å². The van der Waals surface area contributed by atoms with Crippen LogP contribution in [0.4, 0.5) is 0 Å². The van der Waals surface area contributed by atoms with Gasteiger partial charge in [-0.1, -0.05) is 12.1 Å². The SMILES string of the molecule is O=C(CCC(=O)N1CCCC(O)C1)c1ccc2c(c1)CCC2. The number of nitrogens with zero attached hydrogens (tertiary/aromatic N) is 1. The molecule has 4 heteroatoms. The Morgan fingerprint density at radius 2 is 1.95 bits per heavy atom. The first-order chi connectivity index (χ1) is 10.6. The normalized spacial score (nSPS) is 20.8. The highest BCUT2D eigenvalue weighted by Gasteiger charge is 2.22. The van der Waals surface area contributed by atoms with Gasteiger partial charge in [-0.3, -0.25) is 9.59 Å². The number of amides is 1. The largest absolute Gasteiger partial charge is 0.391 e.